The molecule has 0 saturated heterocycles. The lowest BCUT2D eigenvalue weighted by Crippen LogP contribution is -2.27. The molecular weight excluding hydrogens is 260 g/mol. The number of hydrogen-bond acceptors (Lipinski definition) is 5. The second-order valence-corrected chi connectivity index (χ2v) is 4.92. The second kappa shape index (κ2) is 6.29. The van der Waals surface area contributed by atoms with Crippen LogP contribution in [0.15, 0.2) is 29.9 Å². The van der Waals surface area contributed by atoms with Crippen molar-refractivity contribution in [3.63, 3.8) is 0 Å². The zero-order chi connectivity index (χ0) is 13.7. The Morgan fingerprint density at radius 2 is 2.26 bits per heavy atom. The normalized spacial score (nSPS) is 11.9. The van der Waals surface area contributed by atoms with Crippen molar-refractivity contribution in [2.45, 2.75) is 19.9 Å². The monoisotopic (exact) mass is 276 g/mol. The third-order valence-electron chi connectivity index (χ3n) is 2.57. The summed E-state index contributed by atoms with van der Waals surface area (Å²) in [6, 6.07) is 3.40. The Morgan fingerprint density at radius 1 is 1.42 bits per heavy atom. The van der Waals surface area contributed by atoms with E-state index in [9.17, 15) is 4.79 Å². The van der Waals surface area contributed by atoms with Gasteiger partial charge in [0.2, 0.25) is 0 Å². The zero-order valence-corrected chi connectivity index (χ0v) is 11.7. The minimum atomic E-state index is -0.147. The quantitative estimate of drug-likeness (QED) is 0.880. The molecule has 2 heterocycles. The summed E-state index contributed by atoms with van der Waals surface area (Å²) >= 11 is 1.53. The number of aromatic nitrogens is 2. The molecule has 0 aliphatic carbocycles. The van der Waals surface area contributed by atoms with Crippen molar-refractivity contribution in [3.8, 4) is 0 Å². The SMILES string of the molecule is CCNc1ncccc1C(=O)NC(C)c1nccs1. The van der Waals surface area contributed by atoms with Crippen LogP contribution >= 0.6 is 11.3 Å². The van der Waals surface area contributed by atoms with Crippen LogP contribution in [0.25, 0.3) is 0 Å². The number of pyridine rings is 1. The van der Waals surface area contributed by atoms with Crippen molar-refractivity contribution in [2.24, 2.45) is 0 Å². The molecule has 19 heavy (non-hydrogen) atoms. The van der Waals surface area contributed by atoms with E-state index in [-0.39, 0.29) is 11.9 Å². The van der Waals surface area contributed by atoms with Gasteiger partial charge in [0, 0.05) is 24.3 Å². The fourth-order valence-corrected chi connectivity index (χ4v) is 2.33. The van der Waals surface area contributed by atoms with E-state index in [1.807, 2.05) is 19.2 Å². The van der Waals surface area contributed by atoms with Gasteiger partial charge in [-0.1, -0.05) is 0 Å². The number of carbonyl (C=O) groups excluding carboxylic acids is 1. The Hall–Kier alpha value is -1.95. The zero-order valence-electron chi connectivity index (χ0n) is 10.9. The van der Waals surface area contributed by atoms with E-state index in [1.165, 1.54) is 11.3 Å². The lowest BCUT2D eigenvalue weighted by Gasteiger charge is -2.13. The average molecular weight is 276 g/mol. The molecule has 1 unspecified atom stereocenters. The number of anilines is 1. The van der Waals surface area contributed by atoms with Crippen LogP contribution in [-0.2, 0) is 0 Å². The maximum absolute atomic E-state index is 12.2. The molecule has 5 nitrogen and oxygen atoms in total. The lowest BCUT2D eigenvalue weighted by molar-refractivity contribution is 0.0940. The molecule has 2 aromatic rings. The Bertz CT molecular complexity index is 541. The molecule has 100 valence electrons. The molecule has 0 aliphatic heterocycles. The summed E-state index contributed by atoms with van der Waals surface area (Å²) in [4.78, 5) is 20.6. The van der Waals surface area contributed by atoms with Crippen molar-refractivity contribution < 1.29 is 4.79 Å². The van der Waals surface area contributed by atoms with Gasteiger partial charge in [0.15, 0.2) is 0 Å². The number of nitrogens with one attached hydrogen (secondary N) is 2. The number of carbonyl (C=O) groups is 1. The van der Waals surface area contributed by atoms with Crippen LogP contribution in [-0.4, -0.2) is 22.4 Å². The number of thiazole rings is 1. The second-order valence-electron chi connectivity index (χ2n) is 4.00. The summed E-state index contributed by atoms with van der Waals surface area (Å²) in [6.07, 6.45) is 3.40. The first kappa shape index (κ1) is 13.5. The lowest BCUT2D eigenvalue weighted by atomic mass is 10.2. The van der Waals surface area contributed by atoms with Gasteiger partial charge in [-0.15, -0.1) is 11.3 Å². The highest BCUT2D eigenvalue weighted by Crippen LogP contribution is 2.17. The highest BCUT2D eigenvalue weighted by molar-refractivity contribution is 7.09. The fraction of sp³-hybridized carbons (Fsp3) is 0.308. The Balaban J connectivity index is 2.11. The first-order valence-corrected chi connectivity index (χ1v) is 6.99. The van der Waals surface area contributed by atoms with E-state index in [0.29, 0.717) is 11.4 Å². The van der Waals surface area contributed by atoms with Gasteiger partial charge in [-0.2, -0.15) is 0 Å². The van der Waals surface area contributed by atoms with E-state index in [2.05, 4.69) is 20.6 Å². The van der Waals surface area contributed by atoms with Crippen LogP contribution in [0.2, 0.25) is 0 Å². The summed E-state index contributed by atoms with van der Waals surface area (Å²) in [5.41, 5.74) is 0.549. The molecule has 0 aliphatic rings. The number of amides is 1. The summed E-state index contributed by atoms with van der Waals surface area (Å²) in [5.74, 6) is 0.459. The van der Waals surface area contributed by atoms with Crippen LogP contribution in [0, 0.1) is 0 Å². The van der Waals surface area contributed by atoms with Crippen molar-refractivity contribution >= 4 is 23.1 Å². The smallest absolute Gasteiger partial charge is 0.255 e. The molecule has 1 atom stereocenters. The molecule has 0 saturated carbocycles. The number of rotatable bonds is 5. The van der Waals surface area contributed by atoms with Gasteiger partial charge in [-0.3, -0.25) is 4.79 Å². The van der Waals surface area contributed by atoms with Crippen molar-refractivity contribution in [1.82, 2.24) is 15.3 Å². The minimum absolute atomic E-state index is 0.109. The molecule has 0 spiro atoms. The van der Waals surface area contributed by atoms with Crippen LogP contribution < -0.4 is 10.6 Å². The van der Waals surface area contributed by atoms with Crippen LogP contribution in [0.3, 0.4) is 0 Å². The Kier molecular flexibility index (Phi) is 4.46. The van der Waals surface area contributed by atoms with E-state index in [0.717, 1.165) is 11.6 Å². The highest BCUT2D eigenvalue weighted by Gasteiger charge is 2.16. The molecule has 0 bridgehead atoms. The van der Waals surface area contributed by atoms with Crippen LogP contribution in [0.1, 0.15) is 35.3 Å². The predicted molar refractivity (Wildman–Crippen MR) is 76.4 cm³/mol. The molecule has 2 N–H and O–H groups in total. The van der Waals surface area contributed by atoms with Gasteiger partial charge < -0.3 is 10.6 Å². The molecule has 2 rings (SSSR count). The fourth-order valence-electron chi connectivity index (χ4n) is 1.68. The average Bonchev–Trinajstić information content (AvgIpc) is 2.93. The summed E-state index contributed by atoms with van der Waals surface area (Å²) in [6.45, 7) is 4.61. The number of nitrogens with zero attached hydrogens (tertiary/aromatic N) is 2. The predicted octanol–water partition coefficient (Wildman–Crippen LogP) is 2.46. The maximum atomic E-state index is 12.2. The van der Waals surface area contributed by atoms with Gasteiger partial charge in [0.1, 0.15) is 10.8 Å². The summed E-state index contributed by atoms with van der Waals surface area (Å²) in [5, 5.41) is 8.79. The van der Waals surface area contributed by atoms with Crippen LogP contribution in [0.4, 0.5) is 5.82 Å². The standard InChI is InChI=1S/C13H16N4OS/c1-3-14-11-10(5-4-6-15-11)12(18)17-9(2)13-16-7-8-19-13/h4-9H,3H2,1-2H3,(H,14,15)(H,17,18). The summed E-state index contributed by atoms with van der Waals surface area (Å²) in [7, 11) is 0. The molecule has 0 fully saturated rings. The van der Waals surface area contributed by atoms with Crippen LogP contribution in [0.5, 0.6) is 0 Å². The minimum Gasteiger partial charge on any atom is -0.370 e. The Morgan fingerprint density at radius 3 is 2.95 bits per heavy atom. The molecule has 6 heteroatoms. The summed E-state index contributed by atoms with van der Waals surface area (Å²) < 4.78 is 0. The third kappa shape index (κ3) is 3.29. The number of hydrogen-bond donors (Lipinski definition) is 2. The Labute approximate surface area is 116 Å². The molecule has 0 radical (unpaired) electrons. The van der Waals surface area contributed by atoms with Crippen molar-refractivity contribution in [3.05, 3.63) is 40.5 Å². The van der Waals surface area contributed by atoms with Gasteiger partial charge in [0.25, 0.3) is 5.91 Å². The van der Waals surface area contributed by atoms with E-state index in [4.69, 9.17) is 0 Å². The molecule has 2 aromatic heterocycles. The largest absolute Gasteiger partial charge is 0.370 e. The van der Waals surface area contributed by atoms with E-state index >= 15 is 0 Å². The van der Waals surface area contributed by atoms with E-state index in [1.54, 1.807) is 24.5 Å². The first-order valence-electron chi connectivity index (χ1n) is 6.11. The maximum Gasteiger partial charge on any atom is 0.255 e. The van der Waals surface area contributed by atoms with Crippen molar-refractivity contribution in [2.75, 3.05) is 11.9 Å². The highest BCUT2D eigenvalue weighted by atomic mass is 32.1. The van der Waals surface area contributed by atoms with E-state index < -0.39 is 0 Å². The van der Waals surface area contributed by atoms with Gasteiger partial charge >= 0.3 is 0 Å². The van der Waals surface area contributed by atoms with Gasteiger partial charge in [-0.05, 0) is 26.0 Å². The molecule has 1 amide bonds. The molecular formula is C13H16N4OS. The third-order valence-corrected chi connectivity index (χ3v) is 3.52. The van der Waals surface area contributed by atoms with Gasteiger partial charge in [0.05, 0.1) is 11.6 Å². The topological polar surface area (TPSA) is 66.9 Å². The molecule has 0 aromatic carbocycles. The van der Waals surface area contributed by atoms with Gasteiger partial charge in [-0.25, -0.2) is 9.97 Å². The first-order chi connectivity index (χ1) is 9.22. The van der Waals surface area contributed by atoms with Crippen molar-refractivity contribution in [1.29, 1.82) is 0 Å².